The fourth-order valence-corrected chi connectivity index (χ4v) is 3.73. The first-order chi connectivity index (χ1) is 9.13. The number of hydrogen-bond acceptors (Lipinski definition) is 2. The van der Waals surface area contributed by atoms with Gasteiger partial charge in [0.2, 0.25) is 0 Å². The van der Waals surface area contributed by atoms with Crippen LogP contribution in [0, 0.1) is 11.7 Å². The highest BCUT2D eigenvalue weighted by atomic mass is 19.1. The predicted molar refractivity (Wildman–Crippen MR) is 67.6 cm³/mol. The molecule has 0 radical (unpaired) electrons. The molecule has 0 aromatic heterocycles. The normalized spacial score (nSPS) is 25.0. The Morgan fingerprint density at radius 3 is 2.79 bits per heavy atom. The van der Waals surface area contributed by atoms with Crippen molar-refractivity contribution in [3.63, 3.8) is 0 Å². The first-order valence-corrected chi connectivity index (χ1v) is 6.73. The maximum Gasteiger partial charge on any atom is 0.307 e. The molecule has 1 fully saturated rings. The number of aryl methyl sites for hydroxylation is 1. The second-order valence-corrected chi connectivity index (χ2v) is 5.50. The zero-order chi connectivity index (χ0) is 13.5. The maximum absolute atomic E-state index is 13.4. The lowest BCUT2D eigenvalue weighted by molar-refractivity contribution is -0.147. The Kier molecular flexibility index (Phi) is 3.05. The smallest absolute Gasteiger partial charge is 0.307 e. The molecule has 102 valence electrons. The Labute approximate surface area is 111 Å². The zero-order valence-corrected chi connectivity index (χ0v) is 10.7. The van der Waals surface area contributed by atoms with Crippen LogP contribution in [0.1, 0.15) is 30.4 Å². The van der Waals surface area contributed by atoms with Crippen LogP contribution < -0.4 is 0 Å². The first kappa shape index (κ1) is 12.6. The van der Waals surface area contributed by atoms with Crippen molar-refractivity contribution in [3.05, 3.63) is 35.1 Å². The minimum absolute atomic E-state index is 0.241. The van der Waals surface area contributed by atoms with E-state index in [0.717, 1.165) is 11.1 Å². The number of carboxylic acids is 1. The van der Waals surface area contributed by atoms with Gasteiger partial charge < -0.3 is 9.84 Å². The van der Waals surface area contributed by atoms with Crippen molar-refractivity contribution in [1.29, 1.82) is 0 Å². The van der Waals surface area contributed by atoms with Gasteiger partial charge in [0.1, 0.15) is 5.82 Å². The molecule has 19 heavy (non-hydrogen) atoms. The molecule has 1 aliphatic heterocycles. The molecule has 1 saturated heterocycles. The molecule has 4 heteroatoms. The third kappa shape index (κ3) is 1.94. The van der Waals surface area contributed by atoms with Gasteiger partial charge in [0, 0.05) is 18.6 Å². The van der Waals surface area contributed by atoms with Crippen LogP contribution in [-0.4, -0.2) is 24.3 Å². The number of hydrogen-bond donors (Lipinski definition) is 1. The van der Waals surface area contributed by atoms with Crippen molar-refractivity contribution in [1.82, 2.24) is 0 Å². The molecule has 1 N–H and O–H groups in total. The molecule has 1 atom stereocenters. The topological polar surface area (TPSA) is 46.5 Å². The van der Waals surface area contributed by atoms with Crippen molar-refractivity contribution in [2.75, 3.05) is 13.2 Å². The van der Waals surface area contributed by atoms with Gasteiger partial charge in [-0.25, -0.2) is 4.39 Å². The molecule has 1 aromatic rings. The highest BCUT2D eigenvalue weighted by molar-refractivity contribution is 5.73. The molecule has 3 rings (SSSR count). The van der Waals surface area contributed by atoms with Crippen LogP contribution in [0.2, 0.25) is 0 Å². The van der Waals surface area contributed by atoms with E-state index >= 15 is 0 Å². The molecular weight excluding hydrogens is 247 g/mol. The van der Waals surface area contributed by atoms with E-state index in [2.05, 4.69) is 0 Å². The molecule has 1 spiro atoms. The van der Waals surface area contributed by atoms with Crippen LogP contribution in [0.5, 0.6) is 0 Å². The van der Waals surface area contributed by atoms with Gasteiger partial charge in [-0.1, -0.05) is 6.07 Å². The van der Waals surface area contributed by atoms with Crippen molar-refractivity contribution < 1.29 is 19.0 Å². The quantitative estimate of drug-likeness (QED) is 0.847. The van der Waals surface area contributed by atoms with Gasteiger partial charge in [-0.05, 0) is 48.9 Å². The highest BCUT2D eigenvalue weighted by Gasteiger charge is 2.48. The number of aliphatic carboxylic acids is 1. The summed E-state index contributed by atoms with van der Waals surface area (Å²) in [6.07, 6.45) is 2.66. The van der Waals surface area contributed by atoms with Crippen molar-refractivity contribution in [3.8, 4) is 0 Å². The van der Waals surface area contributed by atoms with Gasteiger partial charge in [0.15, 0.2) is 0 Å². The van der Waals surface area contributed by atoms with Crippen LogP contribution in [0.15, 0.2) is 18.2 Å². The van der Waals surface area contributed by atoms with E-state index in [9.17, 15) is 14.3 Å². The second kappa shape index (κ2) is 4.60. The fraction of sp³-hybridized carbons (Fsp3) is 0.533. The molecule has 1 aliphatic carbocycles. The Hall–Kier alpha value is -1.42. The highest BCUT2D eigenvalue weighted by Crippen LogP contribution is 2.48. The van der Waals surface area contributed by atoms with Gasteiger partial charge in [-0.2, -0.15) is 0 Å². The summed E-state index contributed by atoms with van der Waals surface area (Å²) in [6, 6.07) is 4.79. The number of halogens is 1. The molecule has 2 aliphatic rings. The Morgan fingerprint density at radius 1 is 1.37 bits per heavy atom. The monoisotopic (exact) mass is 264 g/mol. The average molecular weight is 264 g/mol. The van der Waals surface area contributed by atoms with E-state index in [4.69, 9.17) is 4.74 Å². The maximum atomic E-state index is 13.4. The summed E-state index contributed by atoms with van der Waals surface area (Å²) < 4.78 is 18.8. The number of fused-ring (bicyclic) bond motifs is 2. The lowest BCUT2D eigenvalue weighted by Crippen LogP contribution is -2.47. The van der Waals surface area contributed by atoms with Crippen molar-refractivity contribution in [2.45, 2.75) is 31.1 Å². The molecule has 0 bridgehead atoms. The minimum Gasteiger partial charge on any atom is -0.481 e. The summed E-state index contributed by atoms with van der Waals surface area (Å²) in [5, 5.41) is 9.52. The number of rotatable bonds is 1. The second-order valence-electron chi connectivity index (χ2n) is 5.50. The Morgan fingerprint density at radius 2 is 2.11 bits per heavy atom. The molecule has 1 unspecified atom stereocenters. The lowest BCUT2D eigenvalue weighted by Gasteiger charge is -2.46. The number of carboxylic acid groups (broad SMARTS) is 1. The number of ether oxygens (including phenoxy) is 1. The van der Waals surface area contributed by atoms with E-state index in [1.807, 2.05) is 0 Å². The van der Waals surface area contributed by atoms with Crippen LogP contribution in [0.25, 0.3) is 0 Å². The number of benzene rings is 1. The third-order valence-corrected chi connectivity index (χ3v) is 4.66. The van der Waals surface area contributed by atoms with Gasteiger partial charge in [-0.15, -0.1) is 0 Å². The van der Waals surface area contributed by atoms with Gasteiger partial charge in [-0.3, -0.25) is 4.79 Å². The van der Waals surface area contributed by atoms with Crippen LogP contribution in [-0.2, 0) is 21.4 Å². The van der Waals surface area contributed by atoms with E-state index in [1.165, 1.54) is 6.07 Å². The fourth-order valence-electron chi connectivity index (χ4n) is 3.73. The van der Waals surface area contributed by atoms with Gasteiger partial charge in [0.25, 0.3) is 0 Å². The summed E-state index contributed by atoms with van der Waals surface area (Å²) >= 11 is 0. The third-order valence-electron chi connectivity index (χ3n) is 4.66. The van der Waals surface area contributed by atoms with Crippen LogP contribution in [0.4, 0.5) is 4.39 Å². The predicted octanol–water partition coefficient (Wildman–Crippen LogP) is 2.52. The largest absolute Gasteiger partial charge is 0.481 e. The van der Waals surface area contributed by atoms with E-state index in [0.29, 0.717) is 38.9 Å². The first-order valence-electron chi connectivity index (χ1n) is 6.73. The summed E-state index contributed by atoms with van der Waals surface area (Å²) in [5.41, 5.74) is 1.63. The molecule has 1 aromatic carbocycles. The molecule has 3 nitrogen and oxygen atoms in total. The summed E-state index contributed by atoms with van der Waals surface area (Å²) in [6.45, 7) is 1.17. The summed E-state index contributed by atoms with van der Waals surface area (Å²) in [5.74, 6) is -1.36. The summed E-state index contributed by atoms with van der Waals surface area (Å²) in [7, 11) is 0. The number of carbonyl (C=O) groups is 1. The Balaban J connectivity index is 2.12. The van der Waals surface area contributed by atoms with E-state index < -0.39 is 5.97 Å². The SMILES string of the molecule is O=C(O)C1CCc2cc(F)ccc2C12CCOCC2. The standard InChI is InChI=1S/C15H17FO3/c16-11-2-4-12-10(9-11)1-3-13(14(17)18)15(12)5-7-19-8-6-15/h2,4,9,13H,1,3,5-8H2,(H,17,18). The minimum atomic E-state index is -0.739. The zero-order valence-electron chi connectivity index (χ0n) is 10.7. The molecule has 0 saturated carbocycles. The Bertz CT molecular complexity index is 506. The van der Waals surface area contributed by atoms with Crippen LogP contribution in [0.3, 0.4) is 0 Å². The molecule has 1 heterocycles. The average Bonchev–Trinajstić information content (AvgIpc) is 2.39. The van der Waals surface area contributed by atoms with Crippen LogP contribution >= 0.6 is 0 Å². The molecule has 0 amide bonds. The van der Waals surface area contributed by atoms with Gasteiger partial charge in [0.05, 0.1) is 5.92 Å². The van der Waals surface area contributed by atoms with Crippen molar-refractivity contribution in [2.24, 2.45) is 5.92 Å². The van der Waals surface area contributed by atoms with E-state index in [-0.39, 0.29) is 17.2 Å². The molecular formula is C15H17FO3. The van der Waals surface area contributed by atoms with Gasteiger partial charge >= 0.3 is 5.97 Å². The lowest BCUT2D eigenvalue weighted by atomic mass is 9.59. The van der Waals surface area contributed by atoms with E-state index in [1.54, 1.807) is 12.1 Å². The van der Waals surface area contributed by atoms with Crippen molar-refractivity contribution >= 4 is 5.97 Å². The summed E-state index contributed by atoms with van der Waals surface area (Å²) in [4.78, 5) is 11.6.